The Morgan fingerprint density at radius 1 is 1.38 bits per heavy atom. The molecule has 0 aliphatic heterocycles. The molecule has 2 nitrogen and oxygen atoms in total. The molecule has 0 saturated carbocycles. The molecule has 0 rings (SSSR count). The van der Waals surface area contributed by atoms with E-state index in [2.05, 4.69) is 0 Å². The van der Waals surface area contributed by atoms with E-state index in [1.54, 1.807) is 11.8 Å². The van der Waals surface area contributed by atoms with Crippen molar-refractivity contribution in [3.8, 4) is 0 Å². The summed E-state index contributed by atoms with van der Waals surface area (Å²) in [6.45, 7) is 1.05. The number of nitrogens with two attached hydrogens (primary N) is 1. The summed E-state index contributed by atoms with van der Waals surface area (Å²) in [5.41, 5.74) is 5.23. The molecule has 0 radical (unpaired) electrons. The van der Waals surface area contributed by atoms with E-state index in [4.69, 9.17) is 10.8 Å². The SMILES string of the molecule is NCCSCCCO. The summed E-state index contributed by atoms with van der Waals surface area (Å²) in [7, 11) is 0. The summed E-state index contributed by atoms with van der Waals surface area (Å²) in [5, 5.41) is 8.32. The second kappa shape index (κ2) is 7.27. The third kappa shape index (κ3) is 6.27. The Hall–Kier alpha value is 0.270. The fourth-order valence-electron chi connectivity index (χ4n) is 0.352. The zero-order chi connectivity index (χ0) is 6.24. The van der Waals surface area contributed by atoms with Crippen molar-refractivity contribution in [2.75, 3.05) is 24.7 Å². The first-order valence-electron chi connectivity index (χ1n) is 2.80. The van der Waals surface area contributed by atoms with Gasteiger partial charge < -0.3 is 10.8 Å². The molecular formula is C5H13NOS. The maximum Gasteiger partial charge on any atom is 0.0438 e. The molecule has 3 heteroatoms. The molecule has 0 saturated heterocycles. The predicted molar refractivity (Wildman–Crippen MR) is 38.1 cm³/mol. The van der Waals surface area contributed by atoms with Crippen molar-refractivity contribution in [2.24, 2.45) is 5.73 Å². The lowest BCUT2D eigenvalue weighted by atomic mass is 10.5. The molecule has 0 aromatic carbocycles. The second-order valence-corrected chi connectivity index (χ2v) is 2.70. The topological polar surface area (TPSA) is 46.2 Å². The molecule has 0 fully saturated rings. The maximum absolute atomic E-state index is 8.32. The molecule has 0 bridgehead atoms. The normalized spacial score (nSPS) is 9.75. The van der Waals surface area contributed by atoms with Gasteiger partial charge in [0.15, 0.2) is 0 Å². The molecule has 0 aliphatic carbocycles. The van der Waals surface area contributed by atoms with Gasteiger partial charge in [0, 0.05) is 18.9 Å². The molecule has 0 aromatic rings. The van der Waals surface area contributed by atoms with E-state index in [1.165, 1.54) is 0 Å². The Morgan fingerprint density at radius 2 is 2.12 bits per heavy atom. The van der Waals surface area contributed by atoms with Gasteiger partial charge in [-0.1, -0.05) is 0 Å². The first-order chi connectivity index (χ1) is 3.91. The van der Waals surface area contributed by atoms with Crippen molar-refractivity contribution in [3.63, 3.8) is 0 Å². The van der Waals surface area contributed by atoms with E-state index in [0.717, 1.165) is 24.5 Å². The monoisotopic (exact) mass is 135 g/mol. The predicted octanol–water partition coefficient (Wildman–Crippen LogP) is 0.0607. The zero-order valence-electron chi connectivity index (χ0n) is 4.97. The van der Waals surface area contributed by atoms with Gasteiger partial charge in [0.1, 0.15) is 0 Å². The van der Waals surface area contributed by atoms with Gasteiger partial charge in [-0.2, -0.15) is 11.8 Å². The van der Waals surface area contributed by atoms with Crippen LogP contribution in [0.1, 0.15) is 6.42 Å². The first-order valence-corrected chi connectivity index (χ1v) is 3.96. The van der Waals surface area contributed by atoms with Crippen molar-refractivity contribution < 1.29 is 5.11 Å². The number of rotatable bonds is 5. The van der Waals surface area contributed by atoms with Gasteiger partial charge in [0.05, 0.1) is 0 Å². The highest BCUT2D eigenvalue weighted by atomic mass is 32.2. The molecule has 0 unspecified atom stereocenters. The van der Waals surface area contributed by atoms with Crippen molar-refractivity contribution in [1.29, 1.82) is 0 Å². The minimum atomic E-state index is 0.303. The average molecular weight is 135 g/mol. The van der Waals surface area contributed by atoms with Gasteiger partial charge in [-0.3, -0.25) is 0 Å². The van der Waals surface area contributed by atoms with Crippen LogP contribution >= 0.6 is 11.8 Å². The van der Waals surface area contributed by atoms with Crippen LogP contribution in [0.15, 0.2) is 0 Å². The van der Waals surface area contributed by atoms with Crippen LogP contribution in [0.2, 0.25) is 0 Å². The Balaban J connectivity index is 2.53. The largest absolute Gasteiger partial charge is 0.396 e. The minimum absolute atomic E-state index is 0.303. The Bertz CT molecular complexity index is 37.4. The standard InChI is InChI=1S/C5H13NOS/c6-2-5-8-4-1-3-7/h7H,1-6H2. The van der Waals surface area contributed by atoms with E-state index in [9.17, 15) is 0 Å². The van der Waals surface area contributed by atoms with Gasteiger partial charge in [-0.15, -0.1) is 0 Å². The molecule has 3 N–H and O–H groups in total. The van der Waals surface area contributed by atoms with Crippen LogP contribution in [0, 0.1) is 0 Å². The van der Waals surface area contributed by atoms with E-state index >= 15 is 0 Å². The van der Waals surface area contributed by atoms with Crippen molar-refractivity contribution in [1.82, 2.24) is 0 Å². The van der Waals surface area contributed by atoms with Gasteiger partial charge in [-0.25, -0.2) is 0 Å². The molecule has 8 heavy (non-hydrogen) atoms. The smallest absolute Gasteiger partial charge is 0.0438 e. The highest BCUT2D eigenvalue weighted by Crippen LogP contribution is 1.98. The van der Waals surface area contributed by atoms with Crippen LogP contribution in [0.4, 0.5) is 0 Å². The Morgan fingerprint density at radius 3 is 2.62 bits per heavy atom. The highest BCUT2D eigenvalue weighted by Gasteiger charge is 1.83. The number of hydrogen-bond acceptors (Lipinski definition) is 3. The lowest BCUT2D eigenvalue weighted by Gasteiger charge is -1.94. The maximum atomic E-state index is 8.32. The molecular weight excluding hydrogens is 122 g/mol. The summed E-state index contributed by atoms with van der Waals surface area (Å²) in [6.07, 6.45) is 0.894. The number of aliphatic hydroxyl groups excluding tert-OH is 1. The molecule has 0 amide bonds. The summed E-state index contributed by atoms with van der Waals surface area (Å²) in [4.78, 5) is 0. The van der Waals surface area contributed by atoms with E-state index < -0.39 is 0 Å². The summed E-state index contributed by atoms with van der Waals surface area (Å²) < 4.78 is 0. The lowest BCUT2D eigenvalue weighted by Crippen LogP contribution is -2.02. The number of hydrogen-bond donors (Lipinski definition) is 2. The molecule has 0 aromatic heterocycles. The van der Waals surface area contributed by atoms with E-state index in [1.807, 2.05) is 0 Å². The first kappa shape index (κ1) is 8.27. The van der Waals surface area contributed by atoms with Gasteiger partial charge in [-0.05, 0) is 12.2 Å². The van der Waals surface area contributed by atoms with Crippen LogP contribution < -0.4 is 5.73 Å². The second-order valence-electron chi connectivity index (χ2n) is 1.48. The Kier molecular flexibility index (Phi) is 7.52. The molecule has 0 aliphatic rings. The van der Waals surface area contributed by atoms with Crippen molar-refractivity contribution in [3.05, 3.63) is 0 Å². The quantitative estimate of drug-likeness (QED) is 0.524. The van der Waals surface area contributed by atoms with Crippen LogP contribution in [0.5, 0.6) is 0 Å². The van der Waals surface area contributed by atoms with Crippen LogP contribution in [-0.4, -0.2) is 29.8 Å². The molecule has 0 heterocycles. The third-order valence-corrected chi connectivity index (χ3v) is 1.81. The van der Waals surface area contributed by atoms with Gasteiger partial charge in [0.25, 0.3) is 0 Å². The van der Waals surface area contributed by atoms with E-state index in [0.29, 0.717) is 6.61 Å². The lowest BCUT2D eigenvalue weighted by molar-refractivity contribution is 0.296. The van der Waals surface area contributed by atoms with Crippen LogP contribution in [0.25, 0.3) is 0 Å². The average Bonchev–Trinajstić information content (AvgIpc) is 1.81. The van der Waals surface area contributed by atoms with Gasteiger partial charge in [0.2, 0.25) is 0 Å². The summed E-state index contributed by atoms with van der Waals surface area (Å²) in [5.74, 6) is 2.05. The van der Waals surface area contributed by atoms with Crippen LogP contribution in [-0.2, 0) is 0 Å². The Labute approximate surface area is 54.5 Å². The number of aliphatic hydroxyl groups is 1. The molecule has 0 atom stereocenters. The fourth-order valence-corrected chi connectivity index (χ4v) is 1.06. The zero-order valence-corrected chi connectivity index (χ0v) is 5.78. The minimum Gasteiger partial charge on any atom is -0.396 e. The fraction of sp³-hybridized carbons (Fsp3) is 1.00. The van der Waals surface area contributed by atoms with Crippen molar-refractivity contribution in [2.45, 2.75) is 6.42 Å². The molecule has 0 spiro atoms. The van der Waals surface area contributed by atoms with Crippen molar-refractivity contribution >= 4 is 11.8 Å². The van der Waals surface area contributed by atoms with Gasteiger partial charge >= 0.3 is 0 Å². The third-order valence-electron chi connectivity index (χ3n) is 0.709. The summed E-state index contributed by atoms with van der Waals surface area (Å²) in [6, 6.07) is 0. The summed E-state index contributed by atoms with van der Waals surface area (Å²) >= 11 is 1.79. The van der Waals surface area contributed by atoms with E-state index in [-0.39, 0.29) is 0 Å². The number of thioether (sulfide) groups is 1. The van der Waals surface area contributed by atoms with Crippen LogP contribution in [0.3, 0.4) is 0 Å². The molecule has 50 valence electrons. The highest BCUT2D eigenvalue weighted by molar-refractivity contribution is 7.99.